The molecule has 0 aliphatic rings. The molecule has 0 radical (unpaired) electrons. The second-order valence-corrected chi connectivity index (χ2v) is 6.84. The van der Waals surface area contributed by atoms with Crippen molar-refractivity contribution in [2.75, 3.05) is 0 Å². The summed E-state index contributed by atoms with van der Waals surface area (Å²) in [6.07, 6.45) is 3.47. The van der Waals surface area contributed by atoms with Gasteiger partial charge in [0, 0.05) is 18.0 Å². The first-order chi connectivity index (χ1) is 11.6. The number of aromatic nitrogens is 4. The predicted molar refractivity (Wildman–Crippen MR) is 95.0 cm³/mol. The lowest BCUT2D eigenvalue weighted by Gasteiger charge is -2.12. The summed E-state index contributed by atoms with van der Waals surface area (Å²) in [4.78, 5) is 4.06. The van der Waals surface area contributed by atoms with Crippen LogP contribution in [0, 0.1) is 25.2 Å². The average Bonchev–Trinajstić information content (AvgIpc) is 3.01. The predicted octanol–water partition coefficient (Wildman–Crippen LogP) is 3.95. The quantitative estimate of drug-likeness (QED) is 0.675. The molecule has 3 aromatic rings. The minimum Gasteiger partial charge on any atom is -0.270 e. The lowest BCUT2D eigenvalue weighted by atomic mass is 10.1. The minimum atomic E-state index is -0.204. The molecule has 1 aromatic carbocycles. The highest BCUT2D eigenvalue weighted by molar-refractivity contribution is 8.00. The van der Waals surface area contributed by atoms with Crippen LogP contribution in [0.2, 0.25) is 0 Å². The number of rotatable bonds is 4. The van der Waals surface area contributed by atoms with Crippen molar-refractivity contribution in [1.82, 2.24) is 19.7 Å². The fraction of sp³-hybridized carbons (Fsp3) is 0.222. The standard InChI is InChI=1S/C18H17N5S/c1-12-4-5-16(10-13(12)2)23-17(15-6-8-20-9-7-15)21-22-18(23)24-14(3)11-19/h4-10,14H,1-3H3. The first-order valence-electron chi connectivity index (χ1n) is 7.60. The minimum absolute atomic E-state index is 0.204. The largest absolute Gasteiger partial charge is 0.270 e. The molecule has 0 saturated carbocycles. The Hall–Kier alpha value is -2.65. The molecule has 6 heteroatoms. The van der Waals surface area contributed by atoms with Gasteiger partial charge in [-0.3, -0.25) is 9.55 Å². The zero-order chi connectivity index (χ0) is 17.1. The van der Waals surface area contributed by atoms with Crippen LogP contribution in [-0.4, -0.2) is 25.0 Å². The summed E-state index contributed by atoms with van der Waals surface area (Å²) in [5, 5.41) is 18.3. The Balaban J connectivity index is 2.17. The SMILES string of the molecule is Cc1ccc(-n2c(SC(C)C#N)nnc2-c2ccncc2)cc1C. The van der Waals surface area contributed by atoms with Gasteiger partial charge in [-0.15, -0.1) is 10.2 Å². The van der Waals surface area contributed by atoms with Crippen molar-refractivity contribution >= 4 is 11.8 Å². The Bertz CT molecular complexity index is 896. The van der Waals surface area contributed by atoms with Crippen LogP contribution < -0.4 is 0 Å². The number of thioether (sulfide) groups is 1. The second kappa shape index (κ2) is 6.85. The molecule has 0 aliphatic carbocycles. The van der Waals surface area contributed by atoms with Gasteiger partial charge in [0.25, 0.3) is 0 Å². The van der Waals surface area contributed by atoms with Crippen LogP contribution in [0.4, 0.5) is 0 Å². The third-order valence-electron chi connectivity index (χ3n) is 3.78. The number of nitriles is 1. The molecule has 0 fully saturated rings. The molecular formula is C18H17N5S. The van der Waals surface area contributed by atoms with Crippen LogP contribution in [0.5, 0.6) is 0 Å². The average molecular weight is 335 g/mol. The third kappa shape index (κ3) is 3.17. The Morgan fingerprint density at radius 1 is 1.08 bits per heavy atom. The van der Waals surface area contributed by atoms with Gasteiger partial charge in [0.2, 0.25) is 0 Å². The molecular weight excluding hydrogens is 318 g/mol. The van der Waals surface area contributed by atoms with Gasteiger partial charge in [-0.25, -0.2) is 0 Å². The summed E-state index contributed by atoms with van der Waals surface area (Å²) in [7, 11) is 0. The molecule has 0 amide bonds. The number of aryl methyl sites for hydroxylation is 2. The van der Waals surface area contributed by atoms with Gasteiger partial charge in [-0.1, -0.05) is 17.8 Å². The molecule has 2 aromatic heterocycles. The van der Waals surface area contributed by atoms with Crippen LogP contribution in [-0.2, 0) is 0 Å². The molecule has 0 saturated heterocycles. The number of hydrogen-bond donors (Lipinski definition) is 0. The van der Waals surface area contributed by atoms with Gasteiger partial charge in [-0.05, 0) is 56.2 Å². The van der Waals surface area contributed by atoms with E-state index in [2.05, 4.69) is 53.3 Å². The summed E-state index contributed by atoms with van der Waals surface area (Å²) in [5.74, 6) is 0.744. The summed E-state index contributed by atoms with van der Waals surface area (Å²) >= 11 is 1.40. The molecule has 0 aliphatic heterocycles. The Kier molecular flexibility index (Phi) is 4.63. The molecule has 24 heavy (non-hydrogen) atoms. The van der Waals surface area contributed by atoms with Crippen molar-refractivity contribution in [3.8, 4) is 23.1 Å². The zero-order valence-electron chi connectivity index (χ0n) is 13.8. The highest BCUT2D eigenvalue weighted by Gasteiger charge is 2.18. The van der Waals surface area contributed by atoms with Crippen molar-refractivity contribution in [2.24, 2.45) is 0 Å². The van der Waals surface area contributed by atoms with Gasteiger partial charge < -0.3 is 0 Å². The monoisotopic (exact) mass is 335 g/mol. The molecule has 3 rings (SSSR count). The number of pyridine rings is 1. The maximum atomic E-state index is 9.13. The molecule has 0 spiro atoms. The molecule has 1 atom stereocenters. The van der Waals surface area contributed by atoms with E-state index in [9.17, 15) is 0 Å². The molecule has 1 unspecified atom stereocenters. The first kappa shape index (κ1) is 16.2. The fourth-order valence-corrected chi connectivity index (χ4v) is 3.07. The van der Waals surface area contributed by atoms with Crippen molar-refractivity contribution in [1.29, 1.82) is 5.26 Å². The molecule has 0 bridgehead atoms. The van der Waals surface area contributed by atoms with E-state index in [1.54, 1.807) is 12.4 Å². The lowest BCUT2D eigenvalue weighted by molar-refractivity contribution is 0.882. The zero-order valence-corrected chi connectivity index (χ0v) is 14.6. The number of hydrogen-bond acceptors (Lipinski definition) is 5. The van der Waals surface area contributed by atoms with Crippen molar-refractivity contribution in [3.05, 3.63) is 53.9 Å². The van der Waals surface area contributed by atoms with Crippen LogP contribution in [0.3, 0.4) is 0 Å². The van der Waals surface area contributed by atoms with E-state index in [0.717, 1.165) is 17.1 Å². The van der Waals surface area contributed by atoms with Crippen molar-refractivity contribution in [3.63, 3.8) is 0 Å². The molecule has 120 valence electrons. The molecule has 0 N–H and O–H groups in total. The van der Waals surface area contributed by atoms with Gasteiger partial charge in [-0.2, -0.15) is 5.26 Å². The van der Waals surface area contributed by atoms with E-state index >= 15 is 0 Å². The first-order valence-corrected chi connectivity index (χ1v) is 8.48. The highest BCUT2D eigenvalue weighted by atomic mass is 32.2. The van der Waals surface area contributed by atoms with Gasteiger partial charge in [0.1, 0.15) is 0 Å². The van der Waals surface area contributed by atoms with Crippen LogP contribution in [0.1, 0.15) is 18.1 Å². The van der Waals surface area contributed by atoms with Crippen LogP contribution in [0.25, 0.3) is 17.1 Å². The fourth-order valence-electron chi connectivity index (χ4n) is 2.32. The maximum Gasteiger partial charge on any atom is 0.197 e. The van der Waals surface area contributed by atoms with Crippen LogP contribution in [0.15, 0.2) is 47.9 Å². The normalized spacial score (nSPS) is 11.9. The van der Waals surface area contributed by atoms with E-state index in [0.29, 0.717) is 5.16 Å². The topological polar surface area (TPSA) is 67.4 Å². The van der Waals surface area contributed by atoms with Crippen molar-refractivity contribution in [2.45, 2.75) is 31.2 Å². The number of benzene rings is 1. The third-order valence-corrected chi connectivity index (χ3v) is 4.72. The van der Waals surface area contributed by atoms with E-state index in [4.69, 9.17) is 5.26 Å². The van der Waals surface area contributed by atoms with Gasteiger partial charge >= 0.3 is 0 Å². The Labute approximate surface area is 145 Å². The second-order valence-electron chi connectivity index (χ2n) is 5.54. The summed E-state index contributed by atoms with van der Waals surface area (Å²) in [6, 6.07) is 12.3. The lowest BCUT2D eigenvalue weighted by Crippen LogP contribution is -2.02. The molecule has 5 nitrogen and oxygen atoms in total. The summed E-state index contributed by atoms with van der Waals surface area (Å²) in [6.45, 7) is 6.03. The van der Waals surface area contributed by atoms with E-state index in [-0.39, 0.29) is 5.25 Å². The van der Waals surface area contributed by atoms with E-state index in [1.165, 1.54) is 22.9 Å². The summed E-state index contributed by atoms with van der Waals surface area (Å²) < 4.78 is 2.00. The Morgan fingerprint density at radius 2 is 1.83 bits per heavy atom. The smallest absolute Gasteiger partial charge is 0.197 e. The highest BCUT2D eigenvalue weighted by Crippen LogP contribution is 2.30. The number of nitrogens with zero attached hydrogens (tertiary/aromatic N) is 5. The van der Waals surface area contributed by atoms with Gasteiger partial charge in [0.05, 0.1) is 17.0 Å². The maximum absolute atomic E-state index is 9.13. The van der Waals surface area contributed by atoms with Crippen LogP contribution >= 0.6 is 11.8 Å². The van der Waals surface area contributed by atoms with E-state index < -0.39 is 0 Å². The van der Waals surface area contributed by atoms with E-state index in [1.807, 2.05) is 23.6 Å². The molecule has 2 heterocycles. The Morgan fingerprint density at radius 3 is 2.50 bits per heavy atom. The van der Waals surface area contributed by atoms with Gasteiger partial charge in [0.15, 0.2) is 11.0 Å². The van der Waals surface area contributed by atoms with Crippen molar-refractivity contribution < 1.29 is 0 Å². The summed E-state index contributed by atoms with van der Waals surface area (Å²) in [5.41, 5.74) is 4.36.